The molecule has 1 aromatic carbocycles. The number of nitrogens with zero attached hydrogens (tertiary/aromatic N) is 1. The highest BCUT2D eigenvalue weighted by Crippen LogP contribution is 2.24. The van der Waals surface area contributed by atoms with Crippen LogP contribution in [0.3, 0.4) is 0 Å². The molecule has 0 unspecified atom stereocenters. The fourth-order valence-electron chi connectivity index (χ4n) is 3.16. The van der Waals surface area contributed by atoms with Crippen LogP contribution in [0.2, 0.25) is 0 Å². The molecule has 2 amide bonds. The Kier molecular flexibility index (Phi) is 5.32. The molecular formula is C17H22N2O5. The fourth-order valence-corrected chi connectivity index (χ4v) is 3.16. The van der Waals surface area contributed by atoms with E-state index in [0.717, 1.165) is 18.4 Å². The molecule has 1 aromatic rings. The average Bonchev–Trinajstić information content (AvgIpc) is 2.62. The summed E-state index contributed by atoms with van der Waals surface area (Å²) in [4.78, 5) is 26.0. The maximum Gasteiger partial charge on any atom is 0.274 e. The summed E-state index contributed by atoms with van der Waals surface area (Å²) in [6, 6.07) is 5.07. The van der Waals surface area contributed by atoms with Gasteiger partial charge < -0.3 is 14.4 Å². The average molecular weight is 334 g/mol. The highest BCUT2D eigenvalue weighted by atomic mass is 16.5. The van der Waals surface area contributed by atoms with Crippen LogP contribution in [-0.4, -0.2) is 54.8 Å². The van der Waals surface area contributed by atoms with E-state index in [1.807, 2.05) is 11.0 Å². The molecule has 0 aliphatic carbocycles. The second-order valence-electron chi connectivity index (χ2n) is 6.07. The molecule has 0 aromatic heterocycles. The molecule has 1 saturated heterocycles. The topological polar surface area (TPSA) is 88.1 Å². The van der Waals surface area contributed by atoms with Gasteiger partial charge in [0, 0.05) is 31.2 Å². The van der Waals surface area contributed by atoms with Crippen LogP contribution in [0.15, 0.2) is 18.2 Å². The standard InChI is InChI=1S/C17H22N2O5/c20-16(18-22)14-2-1-12-3-6-19(7-10-24-15(12)11-14)17(21)13-4-8-23-9-5-13/h1-2,11,13,22H,3-10H2,(H,18,20). The summed E-state index contributed by atoms with van der Waals surface area (Å²) in [5.74, 6) is 0.295. The number of hydrogen-bond donors (Lipinski definition) is 2. The van der Waals surface area contributed by atoms with Crippen molar-refractivity contribution in [1.82, 2.24) is 10.4 Å². The number of hydroxylamine groups is 1. The Morgan fingerprint density at radius 2 is 1.96 bits per heavy atom. The van der Waals surface area contributed by atoms with E-state index < -0.39 is 5.91 Å². The zero-order valence-electron chi connectivity index (χ0n) is 13.5. The van der Waals surface area contributed by atoms with Crippen LogP contribution in [0.4, 0.5) is 0 Å². The summed E-state index contributed by atoms with van der Waals surface area (Å²) in [5.41, 5.74) is 2.91. The minimum absolute atomic E-state index is 0.0493. The number of amides is 2. The number of carbonyl (C=O) groups excluding carboxylic acids is 2. The molecule has 24 heavy (non-hydrogen) atoms. The van der Waals surface area contributed by atoms with Gasteiger partial charge in [0.25, 0.3) is 5.91 Å². The number of hydrogen-bond acceptors (Lipinski definition) is 5. The summed E-state index contributed by atoms with van der Waals surface area (Å²) in [6.45, 7) is 2.86. The maximum absolute atomic E-state index is 12.6. The summed E-state index contributed by atoms with van der Waals surface area (Å²) in [5, 5.41) is 8.72. The number of ether oxygens (including phenoxy) is 2. The van der Waals surface area contributed by atoms with E-state index in [9.17, 15) is 9.59 Å². The summed E-state index contributed by atoms with van der Waals surface area (Å²) < 4.78 is 11.1. The Balaban J connectivity index is 1.68. The van der Waals surface area contributed by atoms with Crippen molar-refractivity contribution in [2.24, 2.45) is 5.92 Å². The van der Waals surface area contributed by atoms with Gasteiger partial charge in [-0.05, 0) is 37.0 Å². The molecule has 0 spiro atoms. The monoisotopic (exact) mass is 334 g/mol. The second-order valence-corrected chi connectivity index (χ2v) is 6.07. The first kappa shape index (κ1) is 16.7. The molecule has 3 rings (SSSR count). The highest BCUT2D eigenvalue weighted by molar-refractivity contribution is 5.93. The Morgan fingerprint density at radius 3 is 2.71 bits per heavy atom. The van der Waals surface area contributed by atoms with Gasteiger partial charge in [-0.15, -0.1) is 0 Å². The molecule has 130 valence electrons. The van der Waals surface area contributed by atoms with Gasteiger partial charge in [-0.2, -0.15) is 0 Å². The predicted molar refractivity (Wildman–Crippen MR) is 85.0 cm³/mol. The minimum atomic E-state index is -0.570. The van der Waals surface area contributed by atoms with Gasteiger partial charge in [0.1, 0.15) is 12.4 Å². The number of rotatable bonds is 2. The molecule has 2 aliphatic heterocycles. The Hall–Kier alpha value is -2.12. The van der Waals surface area contributed by atoms with Crippen LogP contribution in [0, 0.1) is 5.92 Å². The normalized spacial score (nSPS) is 18.8. The van der Waals surface area contributed by atoms with E-state index in [0.29, 0.717) is 50.6 Å². The van der Waals surface area contributed by atoms with Crippen molar-refractivity contribution >= 4 is 11.8 Å². The molecule has 7 nitrogen and oxygen atoms in total. The van der Waals surface area contributed by atoms with Gasteiger partial charge in [-0.25, -0.2) is 5.48 Å². The third-order valence-corrected chi connectivity index (χ3v) is 4.58. The van der Waals surface area contributed by atoms with Crippen molar-refractivity contribution in [2.45, 2.75) is 19.3 Å². The molecule has 0 saturated carbocycles. The van der Waals surface area contributed by atoms with Crippen molar-refractivity contribution < 1.29 is 24.3 Å². The lowest BCUT2D eigenvalue weighted by Crippen LogP contribution is -2.42. The van der Waals surface area contributed by atoms with Gasteiger partial charge in [0.15, 0.2) is 0 Å². The number of carbonyl (C=O) groups is 2. The highest BCUT2D eigenvalue weighted by Gasteiger charge is 2.27. The molecule has 2 N–H and O–H groups in total. The van der Waals surface area contributed by atoms with E-state index in [1.54, 1.807) is 17.6 Å². The van der Waals surface area contributed by atoms with Crippen molar-refractivity contribution in [1.29, 1.82) is 0 Å². The molecule has 0 radical (unpaired) electrons. The van der Waals surface area contributed by atoms with Gasteiger partial charge in [0.05, 0.1) is 6.54 Å². The molecule has 7 heteroatoms. The Bertz CT molecular complexity index is 613. The van der Waals surface area contributed by atoms with Crippen molar-refractivity contribution in [2.75, 3.05) is 32.9 Å². The lowest BCUT2D eigenvalue weighted by atomic mass is 9.98. The molecule has 0 atom stereocenters. The van der Waals surface area contributed by atoms with Crippen LogP contribution < -0.4 is 10.2 Å². The zero-order valence-corrected chi connectivity index (χ0v) is 13.5. The van der Waals surface area contributed by atoms with Gasteiger partial charge in [-0.1, -0.05) is 6.07 Å². The first-order chi connectivity index (χ1) is 11.7. The number of benzene rings is 1. The van der Waals surface area contributed by atoms with Crippen molar-refractivity contribution in [3.05, 3.63) is 29.3 Å². The van der Waals surface area contributed by atoms with Crippen LogP contribution in [-0.2, 0) is 16.0 Å². The van der Waals surface area contributed by atoms with E-state index in [4.69, 9.17) is 14.7 Å². The van der Waals surface area contributed by atoms with E-state index in [1.165, 1.54) is 0 Å². The summed E-state index contributed by atoms with van der Waals surface area (Å²) in [6.07, 6.45) is 2.24. The minimum Gasteiger partial charge on any atom is -0.491 e. The quantitative estimate of drug-likeness (QED) is 0.622. The molecule has 1 fully saturated rings. The first-order valence-corrected chi connectivity index (χ1v) is 8.25. The van der Waals surface area contributed by atoms with Crippen molar-refractivity contribution in [3.8, 4) is 5.75 Å². The Morgan fingerprint density at radius 1 is 1.17 bits per heavy atom. The first-order valence-electron chi connectivity index (χ1n) is 8.25. The number of nitrogens with one attached hydrogen (secondary N) is 1. The van der Waals surface area contributed by atoms with E-state index in [2.05, 4.69) is 0 Å². The maximum atomic E-state index is 12.6. The molecule has 2 aliphatic rings. The van der Waals surface area contributed by atoms with Crippen LogP contribution in [0.25, 0.3) is 0 Å². The van der Waals surface area contributed by atoms with Crippen LogP contribution in [0.5, 0.6) is 5.75 Å². The SMILES string of the molecule is O=C(NO)c1ccc2c(c1)OCCN(C(=O)C1CCOCC1)CC2. The lowest BCUT2D eigenvalue weighted by molar-refractivity contribution is -0.139. The van der Waals surface area contributed by atoms with Gasteiger partial charge in [0.2, 0.25) is 5.91 Å². The second kappa shape index (κ2) is 7.63. The van der Waals surface area contributed by atoms with Crippen LogP contribution in [0.1, 0.15) is 28.8 Å². The summed E-state index contributed by atoms with van der Waals surface area (Å²) in [7, 11) is 0. The van der Waals surface area contributed by atoms with E-state index >= 15 is 0 Å². The molecular weight excluding hydrogens is 312 g/mol. The van der Waals surface area contributed by atoms with Gasteiger partial charge in [-0.3, -0.25) is 14.8 Å². The zero-order chi connectivity index (χ0) is 16.9. The van der Waals surface area contributed by atoms with E-state index in [-0.39, 0.29) is 11.8 Å². The largest absolute Gasteiger partial charge is 0.491 e. The van der Waals surface area contributed by atoms with Crippen molar-refractivity contribution in [3.63, 3.8) is 0 Å². The smallest absolute Gasteiger partial charge is 0.274 e. The summed E-state index contributed by atoms with van der Waals surface area (Å²) >= 11 is 0. The third-order valence-electron chi connectivity index (χ3n) is 4.58. The third kappa shape index (κ3) is 3.68. The molecule has 0 bridgehead atoms. The Labute approximate surface area is 140 Å². The fraction of sp³-hybridized carbons (Fsp3) is 0.529. The van der Waals surface area contributed by atoms with Crippen LogP contribution >= 0.6 is 0 Å². The molecule has 2 heterocycles. The van der Waals surface area contributed by atoms with Gasteiger partial charge >= 0.3 is 0 Å². The number of fused-ring (bicyclic) bond motifs is 1. The lowest BCUT2D eigenvalue weighted by Gasteiger charge is -2.31. The predicted octanol–water partition coefficient (Wildman–Crippen LogP) is 0.996.